The molecule has 3 N–H and O–H groups in total. The van der Waals surface area contributed by atoms with Gasteiger partial charge in [0.2, 0.25) is 0 Å². The summed E-state index contributed by atoms with van der Waals surface area (Å²) in [6.45, 7) is 4.25. The van der Waals surface area contributed by atoms with E-state index in [9.17, 15) is 0 Å². The van der Waals surface area contributed by atoms with Gasteiger partial charge in [0.1, 0.15) is 0 Å². The SMILES string of the molecule is Cc1ccc(CC(NN)c2cn(C)cn2)cc1C. The fourth-order valence-corrected chi connectivity index (χ4v) is 2.03. The van der Waals surface area contributed by atoms with Gasteiger partial charge in [-0.1, -0.05) is 18.2 Å². The third kappa shape index (κ3) is 2.78. The number of hydrogen-bond donors (Lipinski definition) is 2. The topological polar surface area (TPSA) is 55.9 Å². The van der Waals surface area contributed by atoms with Gasteiger partial charge in [0.05, 0.1) is 18.1 Å². The maximum absolute atomic E-state index is 5.63. The number of aromatic nitrogens is 2. The van der Waals surface area contributed by atoms with Crippen molar-refractivity contribution in [3.8, 4) is 0 Å². The van der Waals surface area contributed by atoms with Gasteiger partial charge in [-0.3, -0.25) is 11.3 Å². The van der Waals surface area contributed by atoms with Crippen LogP contribution in [0.25, 0.3) is 0 Å². The van der Waals surface area contributed by atoms with Gasteiger partial charge in [-0.15, -0.1) is 0 Å². The molecule has 0 bridgehead atoms. The first-order valence-electron chi connectivity index (χ1n) is 6.10. The summed E-state index contributed by atoms with van der Waals surface area (Å²) in [7, 11) is 1.96. The Morgan fingerprint density at radius 3 is 2.67 bits per heavy atom. The Kier molecular flexibility index (Phi) is 3.79. The second-order valence-electron chi connectivity index (χ2n) is 4.81. The number of hydrazine groups is 1. The van der Waals surface area contributed by atoms with Crippen LogP contribution in [0.4, 0.5) is 0 Å². The molecular weight excluding hydrogens is 224 g/mol. The lowest BCUT2D eigenvalue weighted by Gasteiger charge is -2.14. The molecule has 0 aliphatic rings. The molecule has 4 nitrogen and oxygen atoms in total. The van der Waals surface area contributed by atoms with Crippen LogP contribution in [0.3, 0.4) is 0 Å². The first kappa shape index (κ1) is 12.8. The molecule has 0 saturated carbocycles. The fraction of sp³-hybridized carbons (Fsp3) is 0.357. The monoisotopic (exact) mass is 244 g/mol. The molecule has 1 unspecified atom stereocenters. The summed E-state index contributed by atoms with van der Waals surface area (Å²) in [6, 6.07) is 6.56. The van der Waals surface area contributed by atoms with Crippen LogP contribution in [0.2, 0.25) is 0 Å². The van der Waals surface area contributed by atoms with Crippen LogP contribution in [-0.2, 0) is 13.5 Å². The zero-order chi connectivity index (χ0) is 13.1. The second-order valence-corrected chi connectivity index (χ2v) is 4.81. The van der Waals surface area contributed by atoms with Crippen molar-refractivity contribution in [3.05, 3.63) is 53.1 Å². The van der Waals surface area contributed by atoms with Crippen LogP contribution in [-0.4, -0.2) is 9.55 Å². The molecule has 2 aromatic rings. The van der Waals surface area contributed by atoms with E-state index in [1.165, 1.54) is 16.7 Å². The maximum atomic E-state index is 5.63. The number of nitrogens with two attached hydrogens (primary N) is 1. The number of nitrogens with zero attached hydrogens (tertiary/aromatic N) is 2. The summed E-state index contributed by atoms with van der Waals surface area (Å²) in [5.74, 6) is 5.63. The number of hydrogen-bond acceptors (Lipinski definition) is 3. The fourth-order valence-electron chi connectivity index (χ4n) is 2.03. The molecule has 1 aromatic carbocycles. The Morgan fingerprint density at radius 1 is 1.33 bits per heavy atom. The minimum atomic E-state index is 0.0494. The van der Waals surface area contributed by atoms with E-state index in [-0.39, 0.29) is 6.04 Å². The molecule has 4 heteroatoms. The zero-order valence-corrected chi connectivity index (χ0v) is 11.1. The Bertz CT molecular complexity index is 530. The molecule has 0 fully saturated rings. The molecule has 1 atom stereocenters. The Balaban J connectivity index is 2.17. The van der Waals surface area contributed by atoms with Gasteiger partial charge in [-0.2, -0.15) is 0 Å². The minimum absolute atomic E-state index is 0.0494. The van der Waals surface area contributed by atoms with Crippen molar-refractivity contribution in [2.75, 3.05) is 0 Å². The van der Waals surface area contributed by atoms with Gasteiger partial charge >= 0.3 is 0 Å². The Labute approximate surface area is 108 Å². The highest BCUT2D eigenvalue weighted by molar-refractivity contribution is 5.30. The molecule has 18 heavy (non-hydrogen) atoms. The lowest BCUT2D eigenvalue weighted by Crippen LogP contribution is -2.29. The number of nitrogens with one attached hydrogen (secondary N) is 1. The molecule has 1 heterocycles. The van der Waals surface area contributed by atoms with Gasteiger partial charge in [-0.25, -0.2) is 4.98 Å². The summed E-state index contributed by atoms with van der Waals surface area (Å²) >= 11 is 0. The van der Waals surface area contributed by atoms with Crippen molar-refractivity contribution < 1.29 is 0 Å². The molecule has 96 valence electrons. The Morgan fingerprint density at radius 2 is 2.11 bits per heavy atom. The van der Waals surface area contributed by atoms with Gasteiger partial charge in [0.15, 0.2) is 0 Å². The molecule has 0 aliphatic heterocycles. The third-order valence-electron chi connectivity index (χ3n) is 3.29. The number of rotatable bonds is 4. The average molecular weight is 244 g/mol. The summed E-state index contributed by atoms with van der Waals surface area (Å²) in [5, 5.41) is 0. The highest BCUT2D eigenvalue weighted by Gasteiger charge is 2.13. The van der Waals surface area contributed by atoms with E-state index in [0.717, 1.165) is 12.1 Å². The standard InChI is InChI=1S/C14H20N4/c1-10-4-5-12(6-11(10)2)7-13(17-15)14-8-18(3)9-16-14/h4-6,8-9,13,17H,7,15H2,1-3H3. The highest BCUT2D eigenvalue weighted by Crippen LogP contribution is 2.18. The third-order valence-corrected chi connectivity index (χ3v) is 3.29. The molecule has 0 saturated heterocycles. The van der Waals surface area contributed by atoms with Crippen molar-refractivity contribution in [1.82, 2.24) is 15.0 Å². The molecule has 1 aromatic heterocycles. The van der Waals surface area contributed by atoms with E-state index in [1.807, 2.05) is 17.8 Å². The van der Waals surface area contributed by atoms with Crippen LogP contribution >= 0.6 is 0 Å². The lowest BCUT2D eigenvalue weighted by atomic mass is 10.00. The quantitative estimate of drug-likeness (QED) is 0.637. The van der Waals surface area contributed by atoms with Gasteiger partial charge in [-0.05, 0) is 37.0 Å². The van der Waals surface area contributed by atoms with E-state index in [0.29, 0.717) is 0 Å². The van der Waals surface area contributed by atoms with Crippen LogP contribution in [0.15, 0.2) is 30.7 Å². The maximum Gasteiger partial charge on any atom is 0.0947 e. The predicted octanol–water partition coefficient (Wildman–Crippen LogP) is 1.78. The van der Waals surface area contributed by atoms with Gasteiger partial charge in [0.25, 0.3) is 0 Å². The molecule has 2 rings (SSSR count). The average Bonchev–Trinajstić information content (AvgIpc) is 2.77. The summed E-state index contributed by atoms with van der Waals surface area (Å²) in [5.41, 5.74) is 7.70. The normalized spacial score (nSPS) is 12.7. The number of benzene rings is 1. The number of imidazole rings is 1. The van der Waals surface area contributed by atoms with E-state index < -0.39 is 0 Å². The first-order chi connectivity index (χ1) is 8.60. The lowest BCUT2D eigenvalue weighted by molar-refractivity contribution is 0.540. The predicted molar refractivity (Wildman–Crippen MR) is 72.9 cm³/mol. The van der Waals surface area contributed by atoms with E-state index in [4.69, 9.17) is 5.84 Å². The minimum Gasteiger partial charge on any atom is -0.340 e. The van der Waals surface area contributed by atoms with Crippen LogP contribution in [0, 0.1) is 13.8 Å². The van der Waals surface area contributed by atoms with Crippen molar-refractivity contribution in [2.24, 2.45) is 12.9 Å². The van der Waals surface area contributed by atoms with Crippen molar-refractivity contribution in [1.29, 1.82) is 0 Å². The van der Waals surface area contributed by atoms with Gasteiger partial charge < -0.3 is 4.57 Å². The molecule has 0 radical (unpaired) electrons. The van der Waals surface area contributed by atoms with E-state index in [2.05, 4.69) is 42.5 Å². The van der Waals surface area contributed by atoms with Crippen molar-refractivity contribution in [2.45, 2.75) is 26.3 Å². The molecule has 0 spiro atoms. The summed E-state index contributed by atoms with van der Waals surface area (Å²) in [6.07, 6.45) is 4.63. The number of aryl methyl sites for hydroxylation is 3. The largest absolute Gasteiger partial charge is 0.340 e. The van der Waals surface area contributed by atoms with Crippen molar-refractivity contribution in [3.63, 3.8) is 0 Å². The molecule has 0 aliphatic carbocycles. The van der Waals surface area contributed by atoms with Crippen LogP contribution in [0.5, 0.6) is 0 Å². The van der Waals surface area contributed by atoms with E-state index in [1.54, 1.807) is 6.33 Å². The Hall–Kier alpha value is -1.65. The summed E-state index contributed by atoms with van der Waals surface area (Å²) in [4.78, 5) is 4.34. The highest BCUT2D eigenvalue weighted by atomic mass is 15.2. The van der Waals surface area contributed by atoms with Gasteiger partial charge in [0, 0.05) is 13.2 Å². The zero-order valence-electron chi connectivity index (χ0n) is 11.1. The first-order valence-corrected chi connectivity index (χ1v) is 6.10. The molecular formula is C14H20N4. The smallest absolute Gasteiger partial charge is 0.0947 e. The van der Waals surface area contributed by atoms with Crippen LogP contribution < -0.4 is 11.3 Å². The molecule has 0 amide bonds. The van der Waals surface area contributed by atoms with Crippen molar-refractivity contribution >= 4 is 0 Å². The van der Waals surface area contributed by atoms with Crippen LogP contribution in [0.1, 0.15) is 28.4 Å². The second kappa shape index (κ2) is 5.33. The van der Waals surface area contributed by atoms with E-state index >= 15 is 0 Å². The summed E-state index contributed by atoms with van der Waals surface area (Å²) < 4.78 is 1.93.